The molecule has 0 unspecified atom stereocenters. The van der Waals surface area contributed by atoms with Gasteiger partial charge >= 0.3 is 5.97 Å². The lowest BCUT2D eigenvalue weighted by Gasteiger charge is -2.23. The number of ether oxygens (including phenoxy) is 1. The van der Waals surface area contributed by atoms with Crippen LogP contribution in [-0.4, -0.2) is 36.6 Å². The fourth-order valence-electron chi connectivity index (χ4n) is 1.69. The molecule has 0 rings (SSSR count). The quantitative estimate of drug-likeness (QED) is 0.537. The smallest absolute Gasteiger partial charge is 0.328 e. The summed E-state index contributed by atoms with van der Waals surface area (Å²) >= 11 is 0. The zero-order valence-electron chi connectivity index (χ0n) is 12.0. The molecule has 0 radical (unpaired) electrons. The molecule has 0 aliphatic heterocycles. The number of nitrogens with one attached hydrogen (secondary N) is 1. The van der Waals surface area contributed by atoms with Crippen molar-refractivity contribution < 1.29 is 23.9 Å². The van der Waals surface area contributed by atoms with E-state index in [-0.39, 0.29) is 5.92 Å². The molecule has 19 heavy (non-hydrogen) atoms. The first-order valence-electron chi connectivity index (χ1n) is 6.15. The van der Waals surface area contributed by atoms with Crippen LogP contribution in [0.25, 0.3) is 0 Å². The third kappa shape index (κ3) is 4.81. The molecule has 1 amide bonds. The standard InChI is InChI=1S/C13H21NO5/c1-6-7(2)11(13(18)19-5)14-12(17)10(8(3)15)9(4)16/h7,10-11H,6H2,1-5H3,(H,14,17)/t7-,11-/m0/s1. The van der Waals surface area contributed by atoms with Gasteiger partial charge in [0, 0.05) is 0 Å². The Balaban J connectivity index is 5.03. The van der Waals surface area contributed by atoms with Crippen LogP contribution in [0.5, 0.6) is 0 Å². The molecule has 0 fully saturated rings. The lowest BCUT2D eigenvalue weighted by Crippen LogP contribution is -2.50. The largest absolute Gasteiger partial charge is 0.467 e. The number of esters is 1. The van der Waals surface area contributed by atoms with Crippen LogP contribution in [0, 0.1) is 11.8 Å². The number of ketones is 2. The second-order valence-corrected chi connectivity index (χ2v) is 4.55. The second kappa shape index (κ2) is 7.66. The van der Waals surface area contributed by atoms with Crippen LogP contribution in [0.1, 0.15) is 34.1 Å². The van der Waals surface area contributed by atoms with Crippen LogP contribution >= 0.6 is 0 Å². The van der Waals surface area contributed by atoms with Crippen molar-refractivity contribution in [2.75, 3.05) is 7.11 Å². The van der Waals surface area contributed by atoms with Gasteiger partial charge in [-0.3, -0.25) is 14.4 Å². The summed E-state index contributed by atoms with van der Waals surface area (Å²) in [4.78, 5) is 46.1. The van der Waals surface area contributed by atoms with Gasteiger partial charge < -0.3 is 10.1 Å². The molecule has 0 aliphatic rings. The normalized spacial score (nSPS) is 13.6. The molecule has 2 atom stereocenters. The van der Waals surface area contributed by atoms with Crippen LogP contribution in [0.3, 0.4) is 0 Å². The Hall–Kier alpha value is -1.72. The lowest BCUT2D eigenvalue weighted by atomic mass is 9.95. The highest BCUT2D eigenvalue weighted by Crippen LogP contribution is 2.11. The average Bonchev–Trinajstić information content (AvgIpc) is 2.33. The zero-order valence-corrected chi connectivity index (χ0v) is 12.0. The van der Waals surface area contributed by atoms with Crippen molar-refractivity contribution in [1.82, 2.24) is 5.32 Å². The van der Waals surface area contributed by atoms with Crippen molar-refractivity contribution in [3.05, 3.63) is 0 Å². The summed E-state index contributed by atoms with van der Waals surface area (Å²) in [6, 6.07) is -0.858. The molecule has 0 aromatic rings. The number of hydrogen-bond acceptors (Lipinski definition) is 5. The molecule has 0 aromatic carbocycles. The number of carbonyl (C=O) groups excluding carboxylic acids is 4. The monoisotopic (exact) mass is 271 g/mol. The summed E-state index contributed by atoms with van der Waals surface area (Å²) < 4.78 is 4.61. The fourth-order valence-corrected chi connectivity index (χ4v) is 1.69. The molecular formula is C13H21NO5. The van der Waals surface area contributed by atoms with Crippen LogP contribution < -0.4 is 5.32 Å². The van der Waals surface area contributed by atoms with Gasteiger partial charge in [0.15, 0.2) is 5.92 Å². The van der Waals surface area contributed by atoms with E-state index >= 15 is 0 Å². The molecule has 0 saturated heterocycles. The number of Topliss-reactive ketones (excluding diaryl/α,β-unsaturated/α-hetero) is 2. The summed E-state index contributed by atoms with van der Waals surface area (Å²) in [5, 5.41) is 2.43. The van der Waals surface area contributed by atoms with Crippen molar-refractivity contribution in [2.45, 2.75) is 40.2 Å². The van der Waals surface area contributed by atoms with Gasteiger partial charge in [-0.2, -0.15) is 0 Å². The van der Waals surface area contributed by atoms with E-state index in [1.807, 2.05) is 6.92 Å². The van der Waals surface area contributed by atoms with E-state index in [0.717, 1.165) is 0 Å². The molecule has 1 N–H and O–H groups in total. The maximum Gasteiger partial charge on any atom is 0.328 e. The van der Waals surface area contributed by atoms with Gasteiger partial charge in [0.1, 0.15) is 17.6 Å². The summed E-state index contributed by atoms with van der Waals surface area (Å²) in [7, 11) is 1.22. The summed E-state index contributed by atoms with van der Waals surface area (Å²) in [6.45, 7) is 5.97. The molecule has 0 bridgehead atoms. The molecule has 108 valence electrons. The molecule has 0 aliphatic carbocycles. The lowest BCUT2D eigenvalue weighted by molar-refractivity contribution is -0.149. The van der Waals surface area contributed by atoms with Gasteiger partial charge in [-0.05, 0) is 19.8 Å². The first-order chi connectivity index (χ1) is 8.76. The van der Waals surface area contributed by atoms with Crippen molar-refractivity contribution in [1.29, 1.82) is 0 Å². The van der Waals surface area contributed by atoms with E-state index in [2.05, 4.69) is 10.1 Å². The van der Waals surface area contributed by atoms with E-state index in [0.29, 0.717) is 6.42 Å². The van der Waals surface area contributed by atoms with E-state index in [4.69, 9.17) is 0 Å². The van der Waals surface area contributed by atoms with Gasteiger partial charge in [0.05, 0.1) is 7.11 Å². The Morgan fingerprint density at radius 2 is 1.58 bits per heavy atom. The number of carbonyl (C=O) groups is 4. The highest BCUT2D eigenvalue weighted by Gasteiger charge is 2.33. The summed E-state index contributed by atoms with van der Waals surface area (Å²) in [5.41, 5.74) is 0. The van der Waals surface area contributed by atoms with Crippen LogP contribution in [0.15, 0.2) is 0 Å². The van der Waals surface area contributed by atoms with Gasteiger partial charge in [-0.1, -0.05) is 20.3 Å². The Morgan fingerprint density at radius 1 is 1.11 bits per heavy atom. The van der Waals surface area contributed by atoms with Gasteiger partial charge in [-0.25, -0.2) is 4.79 Å². The number of rotatable bonds is 7. The zero-order chi connectivity index (χ0) is 15.2. The van der Waals surface area contributed by atoms with Crippen LogP contribution in [0.4, 0.5) is 0 Å². The van der Waals surface area contributed by atoms with E-state index in [1.54, 1.807) is 6.92 Å². The van der Waals surface area contributed by atoms with Gasteiger partial charge in [0.2, 0.25) is 5.91 Å². The minimum absolute atomic E-state index is 0.157. The van der Waals surface area contributed by atoms with Gasteiger partial charge in [-0.15, -0.1) is 0 Å². The number of hydrogen-bond donors (Lipinski definition) is 1. The minimum atomic E-state index is -1.36. The fraction of sp³-hybridized carbons (Fsp3) is 0.692. The number of amides is 1. The van der Waals surface area contributed by atoms with Crippen molar-refractivity contribution in [2.24, 2.45) is 11.8 Å². The Labute approximate surface area is 112 Å². The third-order valence-electron chi connectivity index (χ3n) is 3.04. The predicted molar refractivity (Wildman–Crippen MR) is 68.3 cm³/mol. The SMILES string of the molecule is CC[C@H](C)[C@H](NC(=O)C(C(C)=O)C(C)=O)C(=O)OC. The molecule has 0 saturated carbocycles. The number of methoxy groups -OCH3 is 1. The van der Waals surface area contributed by atoms with Crippen LogP contribution in [-0.2, 0) is 23.9 Å². The topological polar surface area (TPSA) is 89.5 Å². The summed E-state index contributed by atoms with van der Waals surface area (Å²) in [5.74, 6) is -3.95. The average molecular weight is 271 g/mol. The van der Waals surface area contributed by atoms with Crippen molar-refractivity contribution in [3.63, 3.8) is 0 Å². The van der Waals surface area contributed by atoms with Crippen molar-refractivity contribution in [3.8, 4) is 0 Å². The Bertz CT molecular complexity index is 363. The van der Waals surface area contributed by atoms with Crippen LogP contribution in [0.2, 0.25) is 0 Å². The highest BCUT2D eigenvalue weighted by atomic mass is 16.5. The molecule has 6 nitrogen and oxygen atoms in total. The third-order valence-corrected chi connectivity index (χ3v) is 3.04. The first kappa shape index (κ1) is 17.3. The molecular weight excluding hydrogens is 250 g/mol. The highest BCUT2D eigenvalue weighted by molar-refractivity contribution is 6.17. The minimum Gasteiger partial charge on any atom is -0.467 e. The summed E-state index contributed by atoms with van der Waals surface area (Å²) in [6.07, 6.45) is 0.644. The predicted octanol–water partition coefficient (Wildman–Crippen LogP) is 0.484. The molecule has 6 heteroatoms. The molecule has 0 spiro atoms. The Kier molecular flexibility index (Phi) is 6.96. The van der Waals surface area contributed by atoms with Crippen molar-refractivity contribution >= 4 is 23.4 Å². The first-order valence-corrected chi connectivity index (χ1v) is 6.15. The van der Waals surface area contributed by atoms with E-state index in [1.165, 1.54) is 21.0 Å². The maximum absolute atomic E-state index is 11.9. The Morgan fingerprint density at radius 3 is 1.89 bits per heavy atom. The van der Waals surface area contributed by atoms with E-state index < -0.39 is 35.4 Å². The maximum atomic E-state index is 11.9. The molecule has 0 heterocycles. The van der Waals surface area contributed by atoms with Gasteiger partial charge in [0.25, 0.3) is 0 Å². The second-order valence-electron chi connectivity index (χ2n) is 4.55. The van der Waals surface area contributed by atoms with E-state index in [9.17, 15) is 19.2 Å². The molecule has 0 aromatic heterocycles.